The van der Waals surface area contributed by atoms with E-state index in [4.69, 9.17) is 0 Å². The third-order valence-electron chi connectivity index (χ3n) is 4.36. The number of nitrogens with zero attached hydrogens (tertiary/aromatic N) is 5. The minimum absolute atomic E-state index is 0.466. The highest BCUT2D eigenvalue weighted by atomic mass is 32.1. The molecule has 0 spiro atoms. The van der Waals surface area contributed by atoms with Gasteiger partial charge in [-0.2, -0.15) is 5.10 Å². The maximum Gasteiger partial charge on any atom is 0.185 e. The second-order valence-electron chi connectivity index (χ2n) is 5.88. The van der Waals surface area contributed by atoms with Crippen molar-refractivity contribution in [3.05, 3.63) is 22.7 Å². The minimum atomic E-state index is 0.466. The smallest absolute Gasteiger partial charge is 0.185 e. The molecule has 0 bridgehead atoms. The maximum absolute atomic E-state index is 4.57. The van der Waals surface area contributed by atoms with Gasteiger partial charge in [-0.1, -0.05) is 6.92 Å². The zero-order valence-corrected chi connectivity index (χ0v) is 15.1. The highest BCUT2D eigenvalue weighted by molar-refractivity contribution is 7.15. The molecule has 1 atom stereocenters. The van der Waals surface area contributed by atoms with Crippen LogP contribution in [0.2, 0.25) is 0 Å². The van der Waals surface area contributed by atoms with Crippen molar-refractivity contribution in [2.45, 2.75) is 59.2 Å². The largest absolute Gasteiger partial charge is 0.349 e. The molecule has 0 saturated heterocycles. The van der Waals surface area contributed by atoms with Crippen molar-refractivity contribution >= 4 is 16.5 Å². The van der Waals surface area contributed by atoms with Gasteiger partial charge in [0.2, 0.25) is 0 Å². The minimum Gasteiger partial charge on any atom is -0.349 e. The van der Waals surface area contributed by atoms with Gasteiger partial charge in [-0.25, -0.2) is 14.6 Å². The third kappa shape index (κ3) is 3.72. The predicted molar refractivity (Wildman–Crippen MR) is 94.0 cm³/mol. The fraction of sp³-hybridized carbons (Fsp3) is 0.688. The van der Waals surface area contributed by atoms with Gasteiger partial charge in [-0.05, 0) is 20.3 Å². The monoisotopic (exact) mass is 334 g/mol. The summed E-state index contributed by atoms with van der Waals surface area (Å²) in [6.45, 7) is 10.3. The summed E-state index contributed by atoms with van der Waals surface area (Å²) in [6.07, 6.45) is 5.05. The van der Waals surface area contributed by atoms with Crippen LogP contribution in [-0.2, 0) is 25.9 Å². The normalized spacial score (nSPS) is 17.3. The molecule has 0 aromatic carbocycles. The lowest BCUT2D eigenvalue weighted by molar-refractivity contribution is 0.358. The van der Waals surface area contributed by atoms with Gasteiger partial charge in [0.05, 0.1) is 6.54 Å². The van der Waals surface area contributed by atoms with E-state index >= 15 is 0 Å². The van der Waals surface area contributed by atoms with Crippen molar-refractivity contribution in [3.8, 4) is 0 Å². The Morgan fingerprint density at radius 3 is 2.91 bits per heavy atom. The van der Waals surface area contributed by atoms with Gasteiger partial charge in [-0.3, -0.25) is 0 Å². The molecule has 0 fully saturated rings. The van der Waals surface area contributed by atoms with Crippen LogP contribution in [0.15, 0.2) is 6.20 Å². The predicted octanol–water partition coefficient (Wildman–Crippen LogP) is 2.25. The first kappa shape index (κ1) is 16.4. The number of anilines is 1. The molecule has 7 heteroatoms. The Hall–Kier alpha value is -1.47. The quantitative estimate of drug-likeness (QED) is 0.841. The molecule has 1 N–H and O–H groups in total. The fourth-order valence-corrected chi connectivity index (χ4v) is 3.93. The highest BCUT2D eigenvalue weighted by Crippen LogP contribution is 2.22. The maximum atomic E-state index is 4.57. The standard InChI is InChI=1S/C16H26N6S/c1-4-14-19-15-8-7-12(11-22(15)20-14)17-9-13-10-18-16(23-13)21(5-2)6-3/h10,12,17H,4-9,11H2,1-3H3/t12-/m0/s1. The molecule has 2 aromatic heterocycles. The van der Waals surface area contributed by atoms with E-state index < -0.39 is 0 Å². The van der Waals surface area contributed by atoms with Crippen LogP contribution in [0.4, 0.5) is 5.13 Å². The van der Waals surface area contributed by atoms with E-state index in [1.165, 1.54) is 4.88 Å². The number of hydrogen-bond donors (Lipinski definition) is 1. The molecule has 23 heavy (non-hydrogen) atoms. The van der Waals surface area contributed by atoms with Crippen LogP contribution in [0.1, 0.15) is 43.7 Å². The van der Waals surface area contributed by atoms with Crippen LogP contribution in [0.5, 0.6) is 0 Å². The Morgan fingerprint density at radius 2 is 2.17 bits per heavy atom. The number of aryl methyl sites for hydroxylation is 2. The van der Waals surface area contributed by atoms with Gasteiger partial charge in [0, 0.05) is 49.6 Å². The van der Waals surface area contributed by atoms with Crippen LogP contribution in [0.3, 0.4) is 0 Å². The van der Waals surface area contributed by atoms with Crippen LogP contribution in [-0.4, -0.2) is 38.9 Å². The lowest BCUT2D eigenvalue weighted by Gasteiger charge is -2.23. The van der Waals surface area contributed by atoms with Gasteiger partial charge < -0.3 is 10.2 Å². The van der Waals surface area contributed by atoms with Crippen molar-refractivity contribution in [3.63, 3.8) is 0 Å². The average Bonchev–Trinajstić information content (AvgIpc) is 3.20. The number of hydrogen-bond acceptors (Lipinski definition) is 6. The summed E-state index contributed by atoms with van der Waals surface area (Å²) >= 11 is 1.79. The molecular formula is C16H26N6S. The molecule has 0 saturated carbocycles. The molecule has 1 aliphatic rings. The summed E-state index contributed by atoms with van der Waals surface area (Å²) in [5.74, 6) is 2.11. The molecule has 0 amide bonds. The highest BCUT2D eigenvalue weighted by Gasteiger charge is 2.21. The molecule has 126 valence electrons. The Labute approximate surface area is 141 Å². The number of aromatic nitrogens is 4. The number of fused-ring (bicyclic) bond motifs is 1. The van der Waals surface area contributed by atoms with E-state index in [0.29, 0.717) is 6.04 Å². The first-order valence-electron chi connectivity index (χ1n) is 8.59. The van der Waals surface area contributed by atoms with E-state index in [1.807, 2.05) is 6.20 Å². The molecule has 0 unspecified atom stereocenters. The SMILES string of the molecule is CCc1nc2n(n1)C[C@@H](NCc1cnc(N(CC)CC)s1)CC2. The Kier molecular flexibility index (Phi) is 5.27. The van der Waals surface area contributed by atoms with E-state index in [0.717, 1.165) is 62.2 Å². The summed E-state index contributed by atoms with van der Waals surface area (Å²) in [5.41, 5.74) is 0. The topological polar surface area (TPSA) is 58.9 Å². The van der Waals surface area contributed by atoms with Crippen molar-refractivity contribution < 1.29 is 0 Å². The number of thiazole rings is 1. The first-order chi connectivity index (χ1) is 11.2. The second-order valence-corrected chi connectivity index (χ2v) is 6.97. The molecule has 0 radical (unpaired) electrons. The zero-order chi connectivity index (χ0) is 16.2. The van der Waals surface area contributed by atoms with E-state index in [1.54, 1.807) is 11.3 Å². The molecule has 6 nitrogen and oxygen atoms in total. The first-order valence-corrected chi connectivity index (χ1v) is 9.40. The summed E-state index contributed by atoms with van der Waals surface area (Å²) in [5, 5.41) is 9.36. The summed E-state index contributed by atoms with van der Waals surface area (Å²) in [6, 6.07) is 0.466. The van der Waals surface area contributed by atoms with Crippen molar-refractivity contribution in [1.29, 1.82) is 0 Å². The average molecular weight is 334 g/mol. The van der Waals surface area contributed by atoms with Crippen molar-refractivity contribution in [1.82, 2.24) is 25.1 Å². The van der Waals surface area contributed by atoms with Gasteiger partial charge in [0.15, 0.2) is 11.0 Å². The number of rotatable bonds is 7. The number of nitrogens with one attached hydrogen (secondary N) is 1. The molecule has 2 aromatic rings. The molecule has 1 aliphatic heterocycles. The van der Waals surface area contributed by atoms with Crippen LogP contribution in [0, 0.1) is 0 Å². The molecule has 3 heterocycles. The van der Waals surface area contributed by atoms with Crippen molar-refractivity contribution in [2.75, 3.05) is 18.0 Å². The van der Waals surface area contributed by atoms with Crippen LogP contribution >= 0.6 is 11.3 Å². The van der Waals surface area contributed by atoms with E-state index in [2.05, 4.69) is 50.7 Å². The Bertz CT molecular complexity index is 630. The van der Waals surface area contributed by atoms with Crippen LogP contribution < -0.4 is 10.2 Å². The lowest BCUT2D eigenvalue weighted by atomic mass is 10.1. The van der Waals surface area contributed by atoms with E-state index in [9.17, 15) is 0 Å². The van der Waals surface area contributed by atoms with Crippen molar-refractivity contribution in [2.24, 2.45) is 0 Å². The van der Waals surface area contributed by atoms with E-state index in [-0.39, 0.29) is 0 Å². The lowest BCUT2D eigenvalue weighted by Crippen LogP contribution is -2.37. The molecule has 3 rings (SSSR count). The molecular weight excluding hydrogens is 308 g/mol. The zero-order valence-electron chi connectivity index (χ0n) is 14.2. The fourth-order valence-electron chi connectivity index (χ4n) is 2.94. The summed E-state index contributed by atoms with van der Waals surface area (Å²) in [4.78, 5) is 12.7. The molecule has 0 aliphatic carbocycles. The van der Waals surface area contributed by atoms with Gasteiger partial charge in [0.25, 0.3) is 0 Å². The summed E-state index contributed by atoms with van der Waals surface area (Å²) < 4.78 is 2.08. The second kappa shape index (κ2) is 7.40. The Morgan fingerprint density at radius 1 is 1.35 bits per heavy atom. The Balaban J connectivity index is 1.55. The third-order valence-corrected chi connectivity index (χ3v) is 5.42. The van der Waals surface area contributed by atoms with Crippen LogP contribution in [0.25, 0.3) is 0 Å². The van der Waals surface area contributed by atoms with Gasteiger partial charge in [-0.15, -0.1) is 11.3 Å². The van der Waals surface area contributed by atoms with Gasteiger partial charge in [0.1, 0.15) is 5.82 Å². The van der Waals surface area contributed by atoms with Gasteiger partial charge >= 0.3 is 0 Å². The summed E-state index contributed by atoms with van der Waals surface area (Å²) in [7, 11) is 0.